The summed E-state index contributed by atoms with van der Waals surface area (Å²) < 4.78 is 0. The van der Waals surface area contributed by atoms with Gasteiger partial charge in [0.1, 0.15) is 11.6 Å². The molecule has 2 aromatic carbocycles. The second kappa shape index (κ2) is 5.80. The molecular weight excluding hydrogens is 306 g/mol. The zero-order valence-electron chi connectivity index (χ0n) is 12.9. The first-order chi connectivity index (χ1) is 11.4. The van der Waals surface area contributed by atoms with Crippen LogP contribution in [0.2, 0.25) is 0 Å². The van der Waals surface area contributed by atoms with Gasteiger partial charge in [0.25, 0.3) is 5.91 Å². The number of hydrogen-bond donors (Lipinski definition) is 3. The van der Waals surface area contributed by atoms with Crippen molar-refractivity contribution in [3.63, 3.8) is 0 Å². The van der Waals surface area contributed by atoms with Crippen LogP contribution in [0.5, 0.6) is 0 Å². The number of rotatable bonds is 3. The van der Waals surface area contributed by atoms with Crippen molar-refractivity contribution in [2.75, 3.05) is 0 Å². The molecule has 1 aliphatic heterocycles. The molecule has 2 aromatic rings. The van der Waals surface area contributed by atoms with Crippen LogP contribution in [0.25, 0.3) is 11.1 Å². The molecule has 0 saturated carbocycles. The maximum atomic E-state index is 11.9. The van der Waals surface area contributed by atoms with Crippen LogP contribution < -0.4 is 10.6 Å². The van der Waals surface area contributed by atoms with E-state index < -0.39 is 23.6 Å². The fourth-order valence-electron chi connectivity index (χ4n) is 2.71. The van der Waals surface area contributed by atoms with Crippen molar-refractivity contribution >= 4 is 11.9 Å². The van der Waals surface area contributed by atoms with E-state index in [1.807, 2.05) is 6.07 Å². The first-order valence-electron chi connectivity index (χ1n) is 7.36. The van der Waals surface area contributed by atoms with Gasteiger partial charge < -0.3 is 10.4 Å². The minimum Gasteiger partial charge on any atom is -0.385 e. The van der Waals surface area contributed by atoms with Crippen LogP contribution in [0.4, 0.5) is 4.79 Å². The van der Waals surface area contributed by atoms with Crippen molar-refractivity contribution in [1.82, 2.24) is 10.6 Å². The Hall–Kier alpha value is -3.17. The number of nitrogens with one attached hydrogen (secondary N) is 2. The molecule has 0 aliphatic carbocycles. The fourth-order valence-corrected chi connectivity index (χ4v) is 2.71. The Morgan fingerprint density at radius 2 is 1.83 bits per heavy atom. The predicted molar refractivity (Wildman–Crippen MR) is 86.6 cm³/mol. The van der Waals surface area contributed by atoms with Crippen molar-refractivity contribution in [2.24, 2.45) is 0 Å². The van der Waals surface area contributed by atoms with Gasteiger partial charge in [-0.05, 0) is 35.7 Å². The minimum absolute atomic E-state index is 0.509. The van der Waals surface area contributed by atoms with E-state index in [0.29, 0.717) is 11.1 Å². The molecular formula is C18H15N3O3. The van der Waals surface area contributed by atoms with Gasteiger partial charge in [0.15, 0.2) is 0 Å². The Morgan fingerprint density at radius 3 is 2.42 bits per heavy atom. The summed E-state index contributed by atoms with van der Waals surface area (Å²) in [6.07, 6.45) is -1.18. The van der Waals surface area contributed by atoms with Crippen LogP contribution >= 0.6 is 0 Å². The molecule has 2 unspecified atom stereocenters. The van der Waals surface area contributed by atoms with Gasteiger partial charge in [0.05, 0.1) is 11.6 Å². The van der Waals surface area contributed by atoms with E-state index in [1.165, 1.54) is 6.92 Å². The van der Waals surface area contributed by atoms with Gasteiger partial charge >= 0.3 is 6.03 Å². The van der Waals surface area contributed by atoms with Gasteiger partial charge in [0, 0.05) is 0 Å². The number of amides is 3. The Morgan fingerprint density at radius 1 is 1.12 bits per heavy atom. The second-order valence-corrected chi connectivity index (χ2v) is 5.83. The summed E-state index contributed by atoms with van der Waals surface area (Å²) in [5.41, 5.74) is 1.44. The van der Waals surface area contributed by atoms with E-state index in [1.54, 1.807) is 42.5 Å². The van der Waals surface area contributed by atoms with Crippen LogP contribution in [-0.2, 0) is 4.79 Å². The standard InChI is InChI=1S/C18H15N3O3/c1-18(16(23)20-17(24)21-18)15(22)13-7-5-12(6-8-13)14-4-2-3-11(9-14)10-19/h2-9,15,22H,1H3,(H2,20,21,23,24). The largest absolute Gasteiger partial charge is 0.385 e. The summed E-state index contributed by atoms with van der Waals surface area (Å²) in [6.45, 7) is 1.47. The van der Waals surface area contributed by atoms with E-state index in [2.05, 4.69) is 16.7 Å². The van der Waals surface area contributed by atoms with E-state index in [-0.39, 0.29) is 0 Å². The Balaban J connectivity index is 1.88. The molecule has 1 aliphatic rings. The number of urea groups is 1. The van der Waals surface area contributed by atoms with Gasteiger partial charge in [-0.3, -0.25) is 10.1 Å². The molecule has 3 rings (SSSR count). The third kappa shape index (κ3) is 2.62. The predicted octanol–water partition coefficient (Wildman–Crippen LogP) is 1.86. The zero-order chi connectivity index (χ0) is 17.3. The van der Waals surface area contributed by atoms with Crippen molar-refractivity contribution in [2.45, 2.75) is 18.6 Å². The van der Waals surface area contributed by atoms with Crippen molar-refractivity contribution in [3.8, 4) is 17.2 Å². The van der Waals surface area contributed by atoms with Crippen LogP contribution in [0.3, 0.4) is 0 Å². The maximum Gasteiger partial charge on any atom is 0.322 e. The van der Waals surface area contributed by atoms with Crippen molar-refractivity contribution in [1.29, 1.82) is 5.26 Å². The molecule has 0 spiro atoms. The van der Waals surface area contributed by atoms with Crippen LogP contribution in [0.15, 0.2) is 48.5 Å². The molecule has 6 nitrogen and oxygen atoms in total. The highest BCUT2D eigenvalue weighted by Gasteiger charge is 2.48. The number of nitriles is 1. The molecule has 0 radical (unpaired) electrons. The summed E-state index contributed by atoms with van der Waals surface area (Å²) in [5, 5.41) is 24.0. The average Bonchev–Trinajstić information content (AvgIpc) is 2.87. The molecule has 2 atom stereocenters. The SMILES string of the molecule is CC1(C(O)c2ccc(-c3cccc(C#N)c3)cc2)NC(=O)NC1=O. The monoisotopic (exact) mass is 321 g/mol. The number of benzene rings is 2. The number of imide groups is 1. The molecule has 1 heterocycles. The third-order valence-corrected chi connectivity index (χ3v) is 4.17. The van der Waals surface area contributed by atoms with Gasteiger partial charge in [-0.1, -0.05) is 36.4 Å². The van der Waals surface area contributed by atoms with Crippen molar-refractivity contribution in [3.05, 3.63) is 59.7 Å². The van der Waals surface area contributed by atoms with Gasteiger partial charge in [-0.2, -0.15) is 5.26 Å². The molecule has 120 valence electrons. The summed E-state index contributed by atoms with van der Waals surface area (Å²) in [6, 6.07) is 15.7. The summed E-state index contributed by atoms with van der Waals surface area (Å²) in [4.78, 5) is 23.2. The highest BCUT2D eigenvalue weighted by atomic mass is 16.3. The van der Waals surface area contributed by atoms with Crippen LogP contribution in [0.1, 0.15) is 24.2 Å². The smallest absolute Gasteiger partial charge is 0.322 e. The van der Waals surface area contributed by atoms with Gasteiger partial charge in [-0.15, -0.1) is 0 Å². The lowest BCUT2D eigenvalue weighted by molar-refractivity contribution is -0.127. The normalized spacial score (nSPS) is 20.9. The number of carbonyl (C=O) groups excluding carboxylic acids is 2. The number of hydrogen-bond acceptors (Lipinski definition) is 4. The molecule has 1 saturated heterocycles. The van der Waals surface area contributed by atoms with Crippen LogP contribution in [-0.4, -0.2) is 22.6 Å². The molecule has 0 bridgehead atoms. The quantitative estimate of drug-likeness (QED) is 0.751. The molecule has 3 N–H and O–H groups in total. The second-order valence-electron chi connectivity index (χ2n) is 5.83. The lowest BCUT2D eigenvalue weighted by atomic mass is 9.88. The molecule has 0 aromatic heterocycles. The van der Waals surface area contributed by atoms with E-state index >= 15 is 0 Å². The number of aliphatic hydroxyl groups excluding tert-OH is 1. The Labute approximate surface area is 138 Å². The summed E-state index contributed by atoms with van der Waals surface area (Å²) >= 11 is 0. The van der Waals surface area contributed by atoms with E-state index in [9.17, 15) is 14.7 Å². The van der Waals surface area contributed by atoms with Gasteiger partial charge in [-0.25, -0.2) is 4.79 Å². The molecule has 3 amide bonds. The number of nitrogens with zero attached hydrogens (tertiary/aromatic N) is 1. The Kier molecular flexibility index (Phi) is 3.80. The summed E-state index contributed by atoms with van der Waals surface area (Å²) in [7, 11) is 0. The molecule has 1 fully saturated rings. The lowest BCUT2D eigenvalue weighted by Gasteiger charge is -2.27. The molecule has 6 heteroatoms. The fraction of sp³-hybridized carbons (Fsp3) is 0.167. The zero-order valence-corrected chi connectivity index (χ0v) is 12.9. The topological polar surface area (TPSA) is 102 Å². The van der Waals surface area contributed by atoms with E-state index in [4.69, 9.17) is 5.26 Å². The number of aliphatic hydroxyl groups is 1. The first-order valence-corrected chi connectivity index (χ1v) is 7.36. The third-order valence-electron chi connectivity index (χ3n) is 4.17. The molecule has 24 heavy (non-hydrogen) atoms. The average molecular weight is 321 g/mol. The van der Waals surface area contributed by atoms with Crippen LogP contribution in [0, 0.1) is 11.3 Å². The number of carbonyl (C=O) groups is 2. The van der Waals surface area contributed by atoms with Gasteiger partial charge in [0.2, 0.25) is 0 Å². The Bertz CT molecular complexity index is 855. The summed E-state index contributed by atoms with van der Waals surface area (Å²) in [5.74, 6) is -0.564. The minimum atomic E-state index is -1.40. The first kappa shape index (κ1) is 15.7. The van der Waals surface area contributed by atoms with Crippen molar-refractivity contribution < 1.29 is 14.7 Å². The maximum absolute atomic E-state index is 11.9. The highest BCUT2D eigenvalue weighted by molar-refractivity contribution is 6.07. The van der Waals surface area contributed by atoms with E-state index in [0.717, 1.165) is 11.1 Å². The lowest BCUT2D eigenvalue weighted by Crippen LogP contribution is -2.49. The highest BCUT2D eigenvalue weighted by Crippen LogP contribution is 2.30.